The van der Waals surface area contributed by atoms with Crippen molar-refractivity contribution in [2.75, 3.05) is 13.2 Å². The Hall–Kier alpha value is -2.89. The van der Waals surface area contributed by atoms with Crippen LogP contribution in [0.5, 0.6) is 0 Å². The zero-order chi connectivity index (χ0) is 45.1. The topological polar surface area (TPSA) is 78.9 Å². The molecular weight excluding hydrogens is 769 g/mol. The fraction of sp³-hybridized carbons (Fsp3) is 0.768. The molecule has 62 heavy (non-hydrogen) atoms. The van der Waals surface area contributed by atoms with Crippen molar-refractivity contribution in [3.05, 3.63) is 60.8 Å². The summed E-state index contributed by atoms with van der Waals surface area (Å²) in [6.45, 7) is 6.41. The number of carbonyl (C=O) groups is 3. The quantitative estimate of drug-likeness (QED) is 0.0262. The number of unbranched alkanes of at least 4 members (excludes halogenated alkanes) is 26. The molecule has 0 saturated heterocycles. The molecule has 0 aliphatic rings. The largest absolute Gasteiger partial charge is 0.462 e. The lowest BCUT2D eigenvalue weighted by Gasteiger charge is -2.18. The van der Waals surface area contributed by atoms with E-state index >= 15 is 0 Å². The fourth-order valence-corrected chi connectivity index (χ4v) is 7.38. The van der Waals surface area contributed by atoms with E-state index in [1.807, 2.05) is 0 Å². The summed E-state index contributed by atoms with van der Waals surface area (Å²) in [5.74, 6) is -0.893. The van der Waals surface area contributed by atoms with Crippen molar-refractivity contribution >= 4 is 17.9 Å². The molecule has 0 aromatic rings. The minimum absolute atomic E-state index is 0.0798. The molecule has 0 aromatic carbocycles. The minimum Gasteiger partial charge on any atom is -0.462 e. The molecule has 0 fully saturated rings. The number of esters is 3. The van der Waals surface area contributed by atoms with Crippen molar-refractivity contribution in [3.63, 3.8) is 0 Å². The second kappa shape index (κ2) is 50.8. The standard InChI is InChI=1S/C56H98O6/c1-4-7-10-13-16-19-22-25-26-27-28-29-30-32-34-37-40-43-46-49-55(58)61-52-53(51-60-54(57)48-45-42-39-36-33-24-21-18-15-12-9-6-3)62-56(59)50-47-44-41-38-35-31-23-20-17-14-11-8-5-2/h7,9-10,12,16,18-19,21,25-26,53H,4-6,8,11,13-15,17,20,22-24,27-52H2,1-3H3/b10-7-,12-9-,19-16-,21-18-,26-25-. The van der Waals surface area contributed by atoms with Gasteiger partial charge < -0.3 is 14.2 Å². The van der Waals surface area contributed by atoms with E-state index in [-0.39, 0.29) is 31.1 Å². The first-order valence-corrected chi connectivity index (χ1v) is 26.3. The molecule has 6 heteroatoms. The van der Waals surface area contributed by atoms with Gasteiger partial charge in [-0.15, -0.1) is 0 Å². The molecule has 0 spiro atoms. The van der Waals surface area contributed by atoms with Gasteiger partial charge in [0.15, 0.2) is 6.10 Å². The van der Waals surface area contributed by atoms with Gasteiger partial charge in [-0.3, -0.25) is 14.4 Å². The van der Waals surface area contributed by atoms with E-state index < -0.39 is 6.10 Å². The third-order valence-corrected chi connectivity index (χ3v) is 11.3. The Morgan fingerprint density at radius 3 is 0.984 bits per heavy atom. The molecule has 6 nitrogen and oxygen atoms in total. The Kier molecular flexibility index (Phi) is 48.4. The Balaban J connectivity index is 4.34. The van der Waals surface area contributed by atoms with Gasteiger partial charge in [0.25, 0.3) is 0 Å². The van der Waals surface area contributed by atoms with E-state index in [0.29, 0.717) is 19.3 Å². The second-order valence-corrected chi connectivity index (χ2v) is 17.4. The lowest BCUT2D eigenvalue weighted by atomic mass is 10.0. The highest BCUT2D eigenvalue weighted by Crippen LogP contribution is 2.15. The maximum absolute atomic E-state index is 12.8. The van der Waals surface area contributed by atoms with Crippen molar-refractivity contribution in [1.82, 2.24) is 0 Å². The number of allylic oxidation sites excluding steroid dienone is 10. The van der Waals surface area contributed by atoms with E-state index in [9.17, 15) is 14.4 Å². The van der Waals surface area contributed by atoms with E-state index in [1.165, 1.54) is 116 Å². The lowest BCUT2D eigenvalue weighted by molar-refractivity contribution is -0.167. The van der Waals surface area contributed by atoms with Crippen molar-refractivity contribution in [2.45, 2.75) is 264 Å². The van der Waals surface area contributed by atoms with Crippen LogP contribution in [-0.2, 0) is 28.6 Å². The SMILES string of the molecule is CC/C=C\C/C=C\C/C=C\CCCCCCCCCCCC(=O)OCC(COC(=O)CCCCCCC/C=C\C/C=C\CC)OC(=O)CCCCCCCCCCCCCCC. The average Bonchev–Trinajstić information content (AvgIpc) is 3.27. The Morgan fingerprint density at radius 1 is 0.339 bits per heavy atom. The van der Waals surface area contributed by atoms with Crippen molar-refractivity contribution in [1.29, 1.82) is 0 Å². The van der Waals surface area contributed by atoms with E-state index in [2.05, 4.69) is 81.5 Å². The van der Waals surface area contributed by atoms with Crippen LogP contribution < -0.4 is 0 Å². The maximum Gasteiger partial charge on any atom is 0.306 e. The molecular formula is C56H98O6. The fourth-order valence-electron chi connectivity index (χ4n) is 7.38. The third kappa shape index (κ3) is 48.1. The smallest absolute Gasteiger partial charge is 0.306 e. The predicted octanol–water partition coefficient (Wildman–Crippen LogP) is 17.3. The van der Waals surface area contributed by atoms with Gasteiger partial charge in [-0.2, -0.15) is 0 Å². The first-order chi connectivity index (χ1) is 30.5. The second-order valence-electron chi connectivity index (χ2n) is 17.4. The highest BCUT2D eigenvalue weighted by Gasteiger charge is 2.19. The molecule has 358 valence electrons. The molecule has 0 saturated carbocycles. The summed E-state index contributed by atoms with van der Waals surface area (Å²) in [6.07, 6.45) is 62.1. The predicted molar refractivity (Wildman–Crippen MR) is 265 cm³/mol. The molecule has 0 rings (SSSR count). The van der Waals surface area contributed by atoms with Crippen LogP contribution in [0.25, 0.3) is 0 Å². The van der Waals surface area contributed by atoms with E-state index in [0.717, 1.165) is 103 Å². The van der Waals surface area contributed by atoms with Crippen LogP contribution in [0.4, 0.5) is 0 Å². The van der Waals surface area contributed by atoms with E-state index in [1.54, 1.807) is 0 Å². The molecule has 0 bridgehead atoms. The number of hydrogen-bond donors (Lipinski definition) is 0. The average molecular weight is 867 g/mol. The molecule has 1 atom stereocenters. The first kappa shape index (κ1) is 59.1. The summed E-state index contributed by atoms with van der Waals surface area (Å²) in [6, 6.07) is 0. The summed E-state index contributed by atoms with van der Waals surface area (Å²) in [5.41, 5.74) is 0. The zero-order valence-electron chi connectivity index (χ0n) is 40.9. The van der Waals surface area contributed by atoms with Crippen LogP contribution in [-0.4, -0.2) is 37.2 Å². The van der Waals surface area contributed by atoms with Crippen LogP contribution in [0.2, 0.25) is 0 Å². The van der Waals surface area contributed by atoms with Gasteiger partial charge in [0.05, 0.1) is 0 Å². The summed E-state index contributed by atoms with van der Waals surface area (Å²) >= 11 is 0. The number of rotatable bonds is 47. The molecule has 0 N–H and O–H groups in total. The number of hydrogen-bond acceptors (Lipinski definition) is 6. The zero-order valence-corrected chi connectivity index (χ0v) is 40.9. The van der Waals surface area contributed by atoms with Gasteiger partial charge >= 0.3 is 17.9 Å². The van der Waals surface area contributed by atoms with E-state index in [4.69, 9.17) is 14.2 Å². The molecule has 1 unspecified atom stereocenters. The normalized spacial score (nSPS) is 12.5. The Bertz CT molecular complexity index is 1130. The Morgan fingerprint density at radius 2 is 0.629 bits per heavy atom. The van der Waals surface area contributed by atoms with Crippen LogP contribution in [0.1, 0.15) is 258 Å². The summed E-state index contributed by atoms with van der Waals surface area (Å²) in [4.78, 5) is 38.0. The van der Waals surface area contributed by atoms with Gasteiger partial charge in [0.1, 0.15) is 13.2 Å². The van der Waals surface area contributed by atoms with Gasteiger partial charge in [-0.25, -0.2) is 0 Å². The first-order valence-electron chi connectivity index (χ1n) is 26.3. The molecule has 0 amide bonds. The third-order valence-electron chi connectivity index (χ3n) is 11.3. The molecule has 0 aromatic heterocycles. The minimum atomic E-state index is -0.779. The van der Waals surface area contributed by atoms with Crippen LogP contribution in [0.15, 0.2) is 60.8 Å². The van der Waals surface area contributed by atoms with Crippen molar-refractivity contribution in [3.8, 4) is 0 Å². The monoisotopic (exact) mass is 867 g/mol. The van der Waals surface area contributed by atoms with Gasteiger partial charge in [0, 0.05) is 19.3 Å². The highest BCUT2D eigenvalue weighted by atomic mass is 16.6. The highest BCUT2D eigenvalue weighted by molar-refractivity contribution is 5.71. The van der Waals surface area contributed by atoms with Gasteiger partial charge in [-0.1, -0.05) is 223 Å². The van der Waals surface area contributed by atoms with Gasteiger partial charge in [0.2, 0.25) is 0 Å². The summed E-state index contributed by atoms with van der Waals surface area (Å²) in [5, 5.41) is 0. The van der Waals surface area contributed by atoms with Crippen molar-refractivity contribution in [2.24, 2.45) is 0 Å². The molecule has 0 radical (unpaired) electrons. The van der Waals surface area contributed by atoms with Crippen LogP contribution in [0.3, 0.4) is 0 Å². The molecule has 0 aliphatic heterocycles. The Labute approximate surface area is 383 Å². The molecule has 0 heterocycles. The summed E-state index contributed by atoms with van der Waals surface area (Å²) in [7, 11) is 0. The van der Waals surface area contributed by atoms with Crippen molar-refractivity contribution < 1.29 is 28.6 Å². The number of carbonyl (C=O) groups excluding carboxylic acids is 3. The molecule has 0 aliphatic carbocycles. The van der Waals surface area contributed by atoms with Crippen LogP contribution >= 0.6 is 0 Å². The number of ether oxygens (including phenoxy) is 3. The lowest BCUT2D eigenvalue weighted by Crippen LogP contribution is -2.30. The maximum atomic E-state index is 12.8. The van der Waals surface area contributed by atoms with Crippen LogP contribution in [0, 0.1) is 0 Å². The van der Waals surface area contributed by atoms with Gasteiger partial charge in [-0.05, 0) is 77.0 Å². The summed E-state index contributed by atoms with van der Waals surface area (Å²) < 4.78 is 16.8.